The monoisotopic (exact) mass is 599 g/mol. The quantitative estimate of drug-likeness (QED) is 0.200. The van der Waals surface area contributed by atoms with Crippen LogP contribution in [0.5, 0.6) is 0 Å². The fourth-order valence-corrected chi connectivity index (χ4v) is 5.11. The van der Waals surface area contributed by atoms with Gasteiger partial charge in [0.25, 0.3) is 5.56 Å². The zero-order valence-corrected chi connectivity index (χ0v) is 23.9. The van der Waals surface area contributed by atoms with E-state index < -0.39 is 29.1 Å². The maximum atomic E-state index is 14.4. The number of aromatic nitrogens is 3. The average molecular weight is 600 g/mol. The first kappa shape index (κ1) is 30.0. The molecule has 0 spiro atoms. The lowest BCUT2D eigenvalue weighted by molar-refractivity contribution is -0.137. The number of nitrogens with zero attached hydrogens (tertiary/aromatic N) is 3. The van der Waals surface area contributed by atoms with E-state index in [0.717, 1.165) is 18.2 Å². The first-order valence-electron chi connectivity index (χ1n) is 13.7. The Hall–Kier alpha value is -5.45. The SMILES string of the molecule is C=CC(=O)Nc1ccccc1-c1c(CC)nc2n(CC(=O)Nc3ccc(C(F)(F)F)cc3)c(C)c(-c3ccccc3)n2c1=O. The number of nitrogens with one attached hydrogen (secondary N) is 2. The van der Waals surface area contributed by atoms with Crippen LogP contribution in [0.2, 0.25) is 0 Å². The molecule has 5 aromatic rings. The molecule has 0 aliphatic carbocycles. The van der Waals surface area contributed by atoms with Gasteiger partial charge in [-0.2, -0.15) is 13.2 Å². The molecule has 0 aliphatic rings. The van der Waals surface area contributed by atoms with E-state index in [1.807, 2.05) is 37.3 Å². The second-order valence-electron chi connectivity index (χ2n) is 9.98. The Balaban J connectivity index is 1.66. The van der Waals surface area contributed by atoms with Gasteiger partial charge in [0.05, 0.1) is 22.5 Å². The molecule has 2 heterocycles. The van der Waals surface area contributed by atoms with Crippen LogP contribution in [0.25, 0.3) is 28.2 Å². The van der Waals surface area contributed by atoms with Crippen molar-refractivity contribution in [3.63, 3.8) is 0 Å². The van der Waals surface area contributed by atoms with E-state index in [9.17, 15) is 27.6 Å². The van der Waals surface area contributed by atoms with Gasteiger partial charge in [-0.3, -0.25) is 14.4 Å². The Morgan fingerprint density at radius 1 is 0.955 bits per heavy atom. The minimum atomic E-state index is -4.50. The van der Waals surface area contributed by atoms with E-state index in [-0.39, 0.29) is 18.0 Å². The third kappa shape index (κ3) is 5.76. The van der Waals surface area contributed by atoms with Gasteiger partial charge in [0.2, 0.25) is 17.6 Å². The maximum absolute atomic E-state index is 14.4. The van der Waals surface area contributed by atoms with Crippen molar-refractivity contribution in [2.45, 2.75) is 33.0 Å². The normalized spacial score (nSPS) is 11.4. The summed E-state index contributed by atoms with van der Waals surface area (Å²) in [5.74, 6) is -0.725. The number of imidazole rings is 1. The van der Waals surface area contributed by atoms with Crippen molar-refractivity contribution in [1.29, 1.82) is 0 Å². The highest BCUT2D eigenvalue weighted by molar-refractivity contribution is 6.02. The van der Waals surface area contributed by atoms with Crippen molar-refractivity contribution in [1.82, 2.24) is 14.0 Å². The summed E-state index contributed by atoms with van der Waals surface area (Å²) < 4.78 is 42.0. The van der Waals surface area contributed by atoms with E-state index in [2.05, 4.69) is 17.2 Å². The van der Waals surface area contributed by atoms with E-state index in [1.165, 1.54) is 16.5 Å². The number of carbonyl (C=O) groups excluding carboxylic acids is 2. The molecular formula is C33H28F3N5O3. The standard InChI is InChI=1S/C33H28F3N5O3/c1-4-25-29(24-13-9-10-14-26(24)38-27(42)5-2)31(44)41-30(21-11-7-6-8-12-21)20(3)40(32(41)39-25)19-28(43)37-23-17-15-22(16-18-23)33(34,35)36/h5-18H,2,4,19H2,1,3H3,(H,37,43)(H,38,42). The topological polar surface area (TPSA) is 97.5 Å². The number of halogens is 3. The number of carbonyl (C=O) groups is 2. The lowest BCUT2D eigenvalue weighted by atomic mass is 10.0. The number of rotatable bonds is 8. The number of alkyl halides is 3. The van der Waals surface area contributed by atoms with Crippen molar-refractivity contribution in [2.24, 2.45) is 0 Å². The molecule has 2 aromatic heterocycles. The molecule has 0 unspecified atom stereocenters. The van der Waals surface area contributed by atoms with Gasteiger partial charge in [0, 0.05) is 28.2 Å². The van der Waals surface area contributed by atoms with Gasteiger partial charge in [-0.05, 0) is 49.8 Å². The molecule has 0 radical (unpaired) electrons. The molecular weight excluding hydrogens is 571 g/mol. The van der Waals surface area contributed by atoms with Gasteiger partial charge in [0.1, 0.15) is 6.54 Å². The summed E-state index contributed by atoms with van der Waals surface area (Å²) >= 11 is 0. The molecule has 44 heavy (non-hydrogen) atoms. The molecule has 0 fully saturated rings. The zero-order chi connectivity index (χ0) is 31.6. The van der Waals surface area contributed by atoms with Gasteiger partial charge in [-0.15, -0.1) is 0 Å². The molecule has 0 saturated heterocycles. The minimum absolute atomic E-state index is 0.195. The predicted octanol–water partition coefficient (Wildman–Crippen LogP) is 6.48. The largest absolute Gasteiger partial charge is 0.416 e. The van der Waals surface area contributed by atoms with Crippen LogP contribution in [0.3, 0.4) is 0 Å². The molecule has 5 rings (SSSR count). The summed E-state index contributed by atoms with van der Waals surface area (Å²) in [4.78, 5) is 44.7. The van der Waals surface area contributed by atoms with Crippen LogP contribution in [0.4, 0.5) is 24.5 Å². The number of aryl methyl sites for hydroxylation is 1. The number of benzene rings is 3. The molecule has 0 atom stereocenters. The van der Waals surface area contributed by atoms with Crippen LogP contribution in [0, 0.1) is 6.92 Å². The maximum Gasteiger partial charge on any atom is 0.416 e. The Labute approximate surface area is 250 Å². The fourth-order valence-electron chi connectivity index (χ4n) is 5.11. The molecule has 0 bridgehead atoms. The summed E-state index contributed by atoms with van der Waals surface area (Å²) in [5.41, 5.74) is 2.45. The van der Waals surface area contributed by atoms with E-state index in [4.69, 9.17) is 4.98 Å². The Kier molecular flexibility index (Phi) is 8.21. The smallest absolute Gasteiger partial charge is 0.325 e. The summed E-state index contributed by atoms with van der Waals surface area (Å²) in [7, 11) is 0. The highest BCUT2D eigenvalue weighted by Crippen LogP contribution is 2.32. The Bertz CT molecular complexity index is 1940. The number of para-hydroxylation sites is 1. The van der Waals surface area contributed by atoms with E-state index in [0.29, 0.717) is 45.9 Å². The highest BCUT2D eigenvalue weighted by atomic mass is 19.4. The summed E-state index contributed by atoms with van der Waals surface area (Å²) in [6, 6.07) is 20.2. The zero-order valence-electron chi connectivity index (χ0n) is 23.9. The number of amides is 2. The van der Waals surface area contributed by atoms with Crippen LogP contribution >= 0.6 is 0 Å². The molecule has 0 aliphatic heterocycles. The van der Waals surface area contributed by atoms with Crippen molar-refractivity contribution in [3.05, 3.63) is 119 Å². The third-order valence-electron chi connectivity index (χ3n) is 7.17. The molecule has 2 amide bonds. The molecule has 11 heteroatoms. The van der Waals surface area contributed by atoms with Gasteiger partial charge in [0.15, 0.2) is 0 Å². The minimum Gasteiger partial charge on any atom is -0.325 e. The molecule has 8 nitrogen and oxygen atoms in total. The summed E-state index contributed by atoms with van der Waals surface area (Å²) in [5, 5.41) is 5.39. The van der Waals surface area contributed by atoms with E-state index in [1.54, 1.807) is 35.8 Å². The average Bonchev–Trinajstić information content (AvgIpc) is 3.28. The van der Waals surface area contributed by atoms with Gasteiger partial charge < -0.3 is 15.2 Å². The third-order valence-corrected chi connectivity index (χ3v) is 7.17. The van der Waals surface area contributed by atoms with Crippen molar-refractivity contribution in [3.8, 4) is 22.4 Å². The van der Waals surface area contributed by atoms with E-state index >= 15 is 0 Å². The fraction of sp³-hybridized carbons (Fsp3) is 0.152. The van der Waals surface area contributed by atoms with Crippen LogP contribution in [-0.4, -0.2) is 25.8 Å². The van der Waals surface area contributed by atoms with Crippen LogP contribution in [0.15, 0.2) is 96.3 Å². The molecule has 224 valence electrons. The van der Waals surface area contributed by atoms with Crippen molar-refractivity contribution < 1.29 is 22.8 Å². The molecule has 3 aromatic carbocycles. The van der Waals surface area contributed by atoms with Crippen LogP contribution < -0.4 is 16.2 Å². The van der Waals surface area contributed by atoms with Crippen molar-refractivity contribution in [2.75, 3.05) is 10.6 Å². The Morgan fingerprint density at radius 2 is 1.61 bits per heavy atom. The van der Waals surface area contributed by atoms with Crippen LogP contribution in [0.1, 0.15) is 23.9 Å². The first-order valence-corrected chi connectivity index (χ1v) is 13.7. The van der Waals surface area contributed by atoms with Gasteiger partial charge in [-0.25, -0.2) is 9.38 Å². The van der Waals surface area contributed by atoms with Crippen molar-refractivity contribution >= 4 is 29.0 Å². The second-order valence-corrected chi connectivity index (χ2v) is 9.98. The predicted molar refractivity (Wildman–Crippen MR) is 163 cm³/mol. The lowest BCUT2D eigenvalue weighted by Crippen LogP contribution is -2.23. The molecule has 2 N–H and O–H groups in total. The van der Waals surface area contributed by atoms with Gasteiger partial charge in [-0.1, -0.05) is 62.0 Å². The summed E-state index contributed by atoms with van der Waals surface area (Å²) in [6.07, 6.45) is -2.99. The lowest BCUT2D eigenvalue weighted by Gasteiger charge is -2.14. The second kappa shape index (κ2) is 12.0. The summed E-state index contributed by atoms with van der Waals surface area (Å²) in [6.45, 7) is 6.86. The number of hydrogen-bond acceptors (Lipinski definition) is 4. The first-order chi connectivity index (χ1) is 21.0. The highest BCUT2D eigenvalue weighted by Gasteiger charge is 2.30. The number of anilines is 2. The Morgan fingerprint density at radius 3 is 2.25 bits per heavy atom. The van der Waals surface area contributed by atoms with Crippen LogP contribution in [-0.2, 0) is 28.7 Å². The number of fused-ring (bicyclic) bond motifs is 1. The van der Waals surface area contributed by atoms with Gasteiger partial charge >= 0.3 is 6.18 Å². The number of hydrogen-bond donors (Lipinski definition) is 2. The molecule has 0 saturated carbocycles.